The molecular weight excluding hydrogens is 258 g/mol. The summed E-state index contributed by atoms with van der Waals surface area (Å²) in [5.41, 5.74) is 2.75. The van der Waals surface area contributed by atoms with Gasteiger partial charge in [-0.05, 0) is 38.0 Å². The number of thiazole rings is 1. The van der Waals surface area contributed by atoms with Crippen LogP contribution in [-0.2, 0) is 17.8 Å². The van der Waals surface area contributed by atoms with Gasteiger partial charge in [-0.1, -0.05) is 19.1 Å². The summed E-state index contributed by atoms with van der Waals surface area (Å²) >= 11 is 1.57. The van der Waals surface area contributed by atoms with E-state index in [4.69, 9.17) is 4.74 Å². The quantitative estimate of drug-likeness (QED) is 0.799. The maximum absolute atomic E-state index is 11.9. The van der Waals surface area contributed by atoms with E-state index in [1.165, 1.54) is 5.56 Å². The minimum absolute atomic E-state index is 0.284. The number of benzene rings is 1. The Morgan fingerprint density at radius 3 is 2.47 bits per heavy atom. The third-order valence-corrected chi connectivity index (χ3v) is 3.98. The van der Waals surface area contributed by atoms with Crippen LogP contribution in [0, 0.1) is 13.8 Å². The molecular formula is C15H17NO2S. The Morgan fingerprint density at radius 2 is 1.95 bits per heavy atom. The lowest BCUT2D eigenvalue weighted by atomic mass is 10.1. The van der Waals surface area contributed by atoms with E-state index in [1.54, 1.807) is 11.3 Å². The predicted molar refractivity (Wildman–Crippen MR) is 76.5 cm³/mol. The highest BCUT2D eigenvalue weighted by molar-refractivity contribution is 7.11. The van der Waals surface area contributed by atoms with Gasteiger partial charge in [0.15, 0.2) is 0 Å². The van der Waals surface area contributed by atoms with Crippen LogP contribution in [0.1, 0.15) is 38.4 Å². The highest BCUT2D eigenvalue weighted by Gasteiger charge is 2.10. The van der Waals surface area contributed by atoms with Gasteiger partial charge in [0, 0.05) is 0 Å². The van der Waals surface area contributed by atoms with Crippen LogP contribution in [-0.4, -0.2) is 11.0 Å². The zero-order valence-corrected chi connectivity index (χ0v) is 12.2. The lowest BCUT2D eigenvalue weighted by molar-refractivity contribution is 0.0476. The second-order valence-electron chi connectivity index (χ2n) is 4.37. The van der Waals surface area contributed by atoms with Crippen LogP contribution < -0.4 is 0 Å². The van der Waals surface area contributed by atoms with Crippen molar-refractivity contribution in [2.45, 2.75) is 33.8 Å². The van der Waals surface area contributed by atoms with Gasteiger partial charge in [0.2, 0.25) is 0 Å². The van der Waals surface area contributed by atoms with E-state index in [-0.39, 0.29) is 5.97 Å². The van der Waals surface area contributed by atoms with Gasteiger partial charge in [-0.15, -0.1) is 11.3 Å². The van der Waals surface area contributed by atoms with Crippen LogP contribution in [0.5, 0.6) is 0 Å². The van der Waals surface area contributed by atoms with Crippen LogP contribution in [0.15, 0.2) is 24.3 Å². The average Bonchev–Trinajstić information content (AvgIpc) is 2.74. The second kappa shape index (κ2) is 5.97. The summed E-state index contributed by atoms with van der Waals surface area (Å²) < 4.78 is 5.31. The van der Waals surface area contributed by atoms with Gasteiger partial charge >= 0.3 is 5.97 Å². The summed E-state index contributed by atoms with van der Waals surface area (Å²) in [5.74, 6) is -0.284. The van der Waals surface area contributed by atoms with Crippen molar-refractivity contribution in [3.8, 4) is 0 Å². The van der Waals surface area contributed by atoms with E-state index >= 15 is 0 Å². The van der Waals surface area contributed by atoms with Crippen LogP contribution in [0.25, 0.3) is 0 Å². The van der Waals surface area contributed by atoms with E-state index in [2.05, 4.69) is 11.9 Å². The largest absolute Gasteiger partial charge is 0.456 e. The van der Waals surface area contributed by atoms with Gasteiger partial charge in [-0.25, -0.2) is 9.78 Å². The number of nitrogens with zero attached hydrogens (tertiary/aromatic N) is 1. The molecule has 4 heteroatoms. The molecule has 0 unspecified atom stereocenters. The third kappa shape index (κ3) is 3.41. The van der Waals surface area contributed by atoms with Crippen molar-refractivity contribution < 1.29 is 9.53 Å². The average molecular weight is 275 g/mol. The molecule has 0 bridgehead atoms. The molecule has 0 fully saturated rings. The number of carbonyl (C=O) groups is 1. The van der Waals surface area contributed by atoms with Crippen molar-refractivity contribution in [1.82, 2.24) is 4.98 Å². The first-order chi connectivity index (χ1) is 9.10. The van der Waals surface area contributed by atoms with Gasteiger partial charge in [0.05, 0.1) is 21.1 Å². The van der Waals surface area contributed by atoms with Gasteiger partial charge in [-0.3, -0.25) is 0 Å². The highest BCUT2D eigenvalue weighted by atomic mass is 32.1. The van der Waals surface area contributed by atoms with Crippen LogP contribution >= 0.6 is 11.3 Å². The van der Waals surface area contributed by atoms with Gasteiger partial charge in [0.25, 0.3) is 0 Å². The Hall–Kier alpha value is -1.68. The molecule has 2 rings (SSSR count). The third-order valence-electron chi connectivity index (χ3n) is 2.93. The molecule has 0 aliphatic carbocycles. The first kappa shape index (κ1) is 13.7. The van der Waals surface area contributed by atoms with E-state index in [0.717, 1.165) is 22.0 Å². The lowest BCUT2D eigenvalue weighted by Gasteiger charge is -2.04. The van der Waals surface area contributed by atoms with Crippen LogP contribution in [0.4, 0.5) is 0 Å². The van der Waals surface area contributed by atoms with Crippen molar-refractivity contribution in [1.29, 1.82) is 0 Å². The van der Waals surface area contributed by atoms with E-state index in [1.807, 2.05) is 38.1 Å². The maximum atomic E-state index is 11.9. The number of carbonyl (C=O) groups excluding carboxylic acids is 1. The first-order valence-electron chi connectivity index (χ1n) is 6.29. The summed E-state index contributed by atoms with van der Waals surface area (Å²) in [4.78, 5) is 17.2. The SMILES string of the molecule is CCc1ccc(C(=O)OCc2sc(C)nc2C)cc1. The molecule has 0 amide bonds. The summed E-state index contributed by atoms with van der Waals surface area (Å²) in [6, 6.07) is 7.54. The predicted octanol–water partition coefficient (Wildman–Crippen LogP) is 3.68. The molecule has 1 aromatic carbocycles. The van der Waals surface area contributed by atoms with Crippen molar-refractivity contribution in [3.05, 3.63) is 51.0 Å². The minimum Gasteiger partial charge on any atom is -0.456 e. The Labute approximate surface area is 117 Å². The molecule has 19 heavy (non-hydrogen) atoms. The normalized spacial score (nSPS) is 10.5. The van der Waals surface area contributed by atoms with Gasteiger partial charge < -0.3 is 4.74 Å². The Kier molecular flexibility index (Phi) is 4.32. The van der Waals surface area contributed by atoms with Crippen molar-refractivity contribution in [2.75, 3.05) is 0 Å². The number of aromatic nitrogens is 1. The van der Waals surface area contributed by atoms with E-state index in [0.29, 0.717) is 12.2 Å². The zero-order chi connectivity index (χ0) is 13.8. The number of esters is 1. The van der Waals surface area contributed by atoms with Crippen molar-refractivity contribution >= 4 is 17.3 Å². The van der Waals surface area contributed by atoms with Crippen molar-refractivity contribution in [3.63, 3.8) is 0 Å². The summed E-state index contributed by atoms with van der Waals surface area (Å²) in [6.07, 6.45) is 0.967. The lowest BCUT2D eigenvalue weighted by Crippen LogP contribution is -2.05. The second-order valence-corrected chi connectivity index (χ2v) is 5.66. The smallest absolute Gasteiger partial charge is 0.338 e. The molecule has 0 saturated heterocycles. The monoisotopic (exact) mass is 275 g/mol. The van der Waals surface area contributed by atoms with Crippen LogP contribution in [0.2, 0.25) is 0 Å². The first-order valence-corrected chi connectivity index (χ1v) is 7.10. The number of rotatable bonds is 4. The molecule has 0 aliphatic rings. The maximum Gasteiger partial charge on any atom is 0.338 e. The molecule has 0 aliphatic heterocycles. The standard InChI is InChI=1S/C15H17NO2S/c1-4-12-5-7-13(8-6-12)15(17)18-9-14-10(2)16-11(3)19-14/h5-8H,4,9H2,1-3H3. The molecule has 3 nitrogen and oxygen atoms in total. The molecule has 0 N–H and O–H groups in total. The Balaban J connectivity index is 1.99. The Morgan fingerprint density at radius 1 is 1.26 bits per heavy atom. The molecule has 0 radical (unpaired) electrons. The molecule has 0 atom stereocenters. The number of hydrogen-bond donors (Lipinski definition) is 0. The Bertz CT molecular complexity index is 572. The van der Waals surface area contributed by atoms with Gasteiger partial charge in [0.1, 0.15) is 6.61 Å². The number of ether oxygens (including phenoxy) is 1. The summed E-state index contributed by atoms with van der Waals surface area (Å²) in [7, 11) is 0. The molecule has 1 aromatic heterocycles. The molecule has 1 heterocycles. The summed E-state index contributed by atoms with van der Waals surface area (Å²) in [5, 5.41) is 0.996. The number of aryl methyl sites for hydroxylation is 3. The van der Waals surface area contributed by atoms with Crippen LogP contribution in [0.3, 0.4) is 0 Å². The fourth-order valence-electron chi connectivity index (χ4n) is 1.80. The summed E-state index contributed by atoms with van der Waals surface area (Å²) in [6.45, 7) is 6.27. The number of hydrogen-bond acceptors (Lipinski definition) is 4. The highest BCUT2D eigenvalue weighted by Crippen LogP contribution is 2.18. The fraction of sp³-hybridized carbons (Fsp3) is 0.333. The molecule has 100 valence electrons. The fourth-order valence-corrected chi connectivity index (χ4v) is 2.65. The topological polar surface area (TPSA) is 39.2 Å². The van der Waals surface area contributed by atoms with E-state index < -0.39 is 0 Å². The van der Waals surface area contributed by atoms with E-state index in [9.17, 15) is 4.79 Å². The molecule has 2 aromatic rings. The molecule has 0 saturated carbocycles. The minimum atomic E-state index is -0.284. The van der Waals surface area contributed by atoms with Gasteiger partial charge in [-0.2, -0.15) is 0 Å². The molecule has 0 spiro atoms. The van der Waals surface area contributed by atoms with Crippen molar-refractivity contribution in [2.24, 2.45) is 0 Å². The zero-order valence-electron chi connectivity index (χ0n) is 11.4.